The van der Waals surface area contributed by atoms with Crippen LogP contribution < -0.4 is 10.1 Å². The van der Waals surface area contributed by atoms with Crippen LogP contribution in [0.3, 0.4) is 0 Å². The molecule has 0 radical (unpaired) electrons. The normalized spacial score (nSPS) is 14.0. The monoisotopic (exact) mass is 273 g/mol. The van der Waals surface area contributed by atoms with Gasteiger partial charge in [0.25, 0.3) is 5.91 Å². The molecule has 1 aliphatic rings. The molecule has 0 atom stereocenters. The quantitative estimate of drug-likeness (QED) is 0.865. The summed E-state index contributed by atoms with van der Waals surface area (Å²) in [4.78, 5) is 11.5. The van der Waals surface area contributed by atoms with Gasteiger partial charge in [-0.3, -0.25) is 4.79 Å². The molecule has 0 bridgehead atoms. The van der Waals surface area contributed by atoms with E-state index in [1.807, 2.05) is 12.1 Å². The van der Waals surface area contributed by atoms with Crippen LogP contribution in [0.2, 0.25) is 0 Å². The zero-order valence-corrected chi connectivity index (χ0v) is 10.9. The minimum absolute atomic E-state index is 0.0343. The smallest absolute Gasteiger partial charge is 0.257 e. The molecule has 1 aromatic heterocycles. The van der Waals surface area contributed by atoms with Gasteiger partial charge in [0.15, 0.2) is 6.61 Å². The van der Waals surface area contributed by atoms with Crippen molar-refractivity contribution in [3.63, 3.8) is 0 Å². The summed E-state index contributed by atoms with van der Waals surface area (Å²) in [5.41, 5.74) is 0.813. The van der Waals surface area contributed by atoms with Gasteiger partial charge in [0, 0.05) is 12.1 Å². The highest BCUT2D eigenvalue weighted by molar-refractivity contribution is 5.77. The first-order valence-corrected chi connectivity index (χ1v) is 6.57. The Morgan fingerprint density at radius 1 is 1.35 bits per heavy atom. The highest BCUT2D eigenvalue weighted by atomic mass is 16.5. The third-order valence-corrected chi connectivity index (χ3v) is 3.12. The van der Waals surface area contributed by atoms with Crippen molar-refractivity contribution >= 4 is 5.91 Å². The first-order chi connectivity index (χ1) is 9.81. The summed E-state index contributed by atoms with van der Waals surface area (Å²) in [6, 6.07) is 7.16. The largest absolute Gasteiger partial charge is 0.484 e. The number of rotatable bonds is 6. The summed E-state index contributed by atoms with van der Waals surface area (Å²) in [7, 11) is 0. The highest BCUT2D eigenvalue weighted by Gasteiger charge is 2.21. The van der Waals surface area contributed by atoms with Gasteiger partial charge in [-0.25, -0.2) is 0 Å². The molecule has 1 aromatic carbocycles. The van der Waals surface area contributed by atoms with Gasteiger partial charge in [0.2, 0.25) is 12.3 Å². The summed E-state index contributed by atoms with van der Waals surface area (Å²) < 4.78 is 10.5. The van der Waals surface area contributed by atoms with Crippen LogP contribution in [-0.2, 0) is 4.79 Å². The summed E-state index contributed by atoms with van der Waals surface area (Å²) in [6.07, 6.45) is 3.72. The molecule has 6 nitrogen and oxygen atoms in total. The molecule has 0 unspecified atom stereocenters. The number of aromatic nitrogens is 2. The second-order valence-electron chi connectivity index (χ2n) is 4.80. The molecule has 2 aromatic rings. The summed E-state index contributed by atoms with van der Waals surface area (Å²) in [6.45, 7) is 0.797. The summed E-state index contributed by atoms with van der Waals surface area (Å²) >= 11 is 0. The molecule has 1 fully saturated rings. The van der Waals surface area contributed by atoms with Crippen LogP contribution in [0.5, 0.6) is 5.75 Å². The molecule has 0 saturated heterocycles. The average molecular weight is 273 g/mol. The molecule has 1 amide bonds. The number of hydrogen-bond acceptors (Lipinski definition) is 5. The van der Waals surface area contributed by atoms with Crippen molar-refractivity contribution in [2.75, 3.05) is 13.2 Å². The zero-order valence-electron chi connectivity index (χ0n) is 10.9. The van der Waals surface area contributed by atoms with Crippen LogP contribution in [0, 0.1) is 5.92 Å². The molecule has 0 spiro atoms. The predicted octanol–water partition coefficient (Wildman–Crippen LogP) is 1.64. The van der Waals surface area contributed by atoms with Crippen LogP contribution in [-0.4, -0.2) is 29.3 Å². The molecule has 1 saturated carbocycles. The van der Waals surface area contributed by atoms with Gasteiger partial charge in [0.1, 0.15) is 5.75 Å². The maximum atomic E-state index is 11.5. The van der Waals surface area contributed by atoms with Gasteiger partial charge >= 0.3 is 0 Å². The Balaban J connectivity index is 1.48. The van der Waals surface area contributed by atoms with E-state index in [2.05, 4.69) is 15.5 Å². The van der Waals surface area contributed by atoms with E-state index < -0.39 is 0 Å². The first kappa shape index (κ1) is 12.7. The zero-order chi connectivity index (χ0) is 13.8. The number of nitrogens with zero attached hydrogens (tertiary/aromatic N) is 2. The van der Waals surface area contributed by atoms with Crippen LogP contribution in [0.25, 0.3) is 11.5 Å². The number of carbonyl (C=O) groups is 1. The molecule has 0 aliphatic heterocycles. The van der Waals surface area contributed by atoms with Crippen molar-refractivity contribution in [3.8, 4) is 17.2 Å². The minimum atomic E-state index is -0.0853. The van der Waals surface area contributed by atoms with E-state index in [0.717, 1.165) is 12.1 Å². The number of amides is 1. The lowest BCUT2D eigenvalue weighted by Crippen LogP contribution is -2.30. The van der Waals surface area contributed by atoms with E-state index in [1.54, 1.807) is 12.1 Å². The number of nitrogens with one attached hydrogen (secondary N) is 1. The van der Waals surface area contributed by atoms with Crippen molar-refractivity contribution in [1.29, 1.82) is 0 Å². The van der Waals surface area contributed by atoms with Crippen molar-refractivity contribution in [2.45, 2.75) is 12.8 Å². The lowest BCUT2D eigenvalue weighted by molar-refractivity contribution is -0.123. The third-order valence-electron chi connectivity index (χ3n) is 3.12. The number of ether oxygens (including phenoxy) is 1. The second-order valence-corrected chi connectivity index (χ2v) is 4.80. The third kappa shape index (κ3) is 3.34. The fourth-order valence-electron chi connectivity index (χ4n) is 1.77. The van der Waals surface area contributed by atoms with Gasteiger partial charge in [-0.05, 0) is 43.0 Å². The fourth-order valence-corrected chi connectivity index (χ4v) is 1.77. The Kier molecular flexibility index (Phi) is 3.62. The molecule has 1 aliphatic carbocycles. The summed E-state index contributed by atoms with van der Waals surface area (Å²) in [5.74, 6) is 1.68. The molecular weight excluding hydrogens is 258 g/mol. The van der Waals surface area contributed by atoms with Gasteiger partial charge in [-0.15, -0.1) is 10.2 Å². The molecule has 6 heteroatoms. The van der Waals surface area contributed by atoms with Crippen molar-refractivity contribution in [3.05, 3.63) is 30.7 Å². The number of benzene rings is 1. The Labute approximate surface area is 116 Å². The van der Waals surface area contributed by atoms with E-state index >= 15 is 0 Å². The topological polar surface area (TPSA) is 77.2 Å². The van der Waals surface area contributed by atoms with Crippen LogP contribution in [0.1, 0.15) is 12.8 Å². The molecule has 104 valence electrons. The van der Waals surface area contributed by atoms with E-state index in [0.29, 0.717) is 17.6 Å². The molecular formula is C14H15N3O3. The highest BCUT2D eigenvalue weighted by Crippen LogP contribution is 2.27. The van der Waals surface area contributed by atoms with Crippen molar-refractivity contribution in [2.24, 2.45) is 5.92 Å². The first-order valence-electron chi connectivity index (χ1n) is 6.57. The van der Waals surface area contributed by atoms with E-state index in [9.17, 15) is 4.79 Å². The van der Waals surface area contributed by atoms with Gasteiger partial charge < -0.3 is 14.5 Å². The Hall–Kier alpha value is -2.37. The van der Waals surface area contributed by atoms with E-state index in [4.69, 9.17) is 9.15 Å². The molecule has 1 heterocycles. The summed E-state index contributed by atoms with van der Waals surface area (Å²) in [5, 5.41) is 10.3. The lowest BCUT2D eigenvalue weighted by Gasteiger charge is -2.07. The van der Waals surface area contributed by atoms with Crippen LogP contribution in [0.4, 0.5) is 0 Å². The predicted molar refractivity (Wildman–Crippen MR) is 71.0 cm³/mol. The van der Waals surface area contributed by atoms with Gasteiger partial charge in [-0.1, -0.05) is 0 Å². The second kappa shape index (κ2) is 5.73. The SMILES string of the molecule is O=C(COc1ccc(-c2nnco2)cc1)NCC1CC1. The number of carbonyl (C=O) groups excluding carboxylic acids is 1. The molecule has 1 N–H and O–H groups in total. The molecule has 3 rings (SSSR count). The number of hydrogen-bond donors (Lipinski definition) is 1. The Morgan fingerprint density at radius 3 is 2.80 bits per heavy atom. The Bertz CT molecular complexity index is 562. The van der Waals surface area contributed by atoms with Crippen molar-refractivity contribution in [1.82, 2.24) is 15.5 Å². The van der Waals surface area contributed by atoms with Crippen molar-refractivity contribution < 1.29 is 13.9 Å². The van der Waals surface area contributed by atoms with E-state index in [1.165, 1.54) is 19.2 Å². The van der Waals surface area contributed by atoms with Crippen LogP contribution in [0.15, 0.2) is 35.1 Å². The standard InChI is InChI=1S/C14H15N3O3/c18-13(15-7-10-1-2-10)8-19-12-5-3-11(4-6-12)14-17-16-9-20-14/h3-6,9-10H,1-2,7-8H2,(H,15,18). The Morgan fingerprint density at radius 2 is 2.15 bits per heavy atom. The maximum absolute atomic E-state index is 11.5. The average Bonchev–Trinajstić information content (AvgIpc) is 3.15. The van der Waals surface area contributed by atoms with E-state index in [-0.39, 0.29) is 12.5 Å². The minimum Gasteiger partial charge on any atom is -0.484 e. The molecule has 20 heavy (non-hydrogen) atoms. The van der Waals surface area contributed by atoms with Gasteiger partial charge in [0.05, 0.1) is 0 Å². The van der Waals surface area contributed by atoms with Crippen LogP contribution >= 0.6 is 0 Å². The maximum Gasteiger partial charge on any atom is 0.257 e. The fraction of sp³-hybridized carbons (Fsp3) is 0.357. The lowest BCUT2D eigenvalue weighted by atomic mass is 10.2. The van der Waals surface area contributed by atoms with Gasteiger partial charge in [-0.2, -0.15) is 0 Å².